The molecule has 4 rings (SSSR count). The summed E-state index contributed by atoms with van der Waals surface area (Å²) < 4.78 is 4.27. The van der Waals surface area contributed by atoms with Crippen molar-refractivity contribution in [3.05, 3.63) is 83.2 Å². The fourth-order valence-corrected chi connectivity index (χ4v) is 3.74. The molecule has 0 aliphatic carbocycles. The molecule has 0 amide bonds. The minimum absolute atomic E-state index is 0.859. The van der Waals surface area contributed by atoms with E-state index in [2.05, 4.69) is 51.4 Å². The van der Waals surface area contributed by atoms with Gasteiger partial charge in [0, 0.05) is 48.0 Å². The van der Waals surface area contributed by atoms with E-state index in [9.17, 15) is 0 Å². The van der Waals surface area contributed by atoms with Crippen molar-refractivity contribution in [1.29, 1.82) is 0 Å². The second-order valence-electron chi connectivity index (χ2n) is 5.95. The van der Waals surface area contributed by atoms with Crippen molar-refractivity contribution < 1.29 is 0 Å². The average Bonchev–Trinajstić information content (AvgIpc) is 3.40. The van der Waals surface area contributed by atoms with E-state index in [0.29, 0.717) is 0 Å². The van der Waals surface area contributed by atoms with Gasteiger partial charge in [0.05, 0.1) is 12.0 Å². The summed E-state index contributed by atoms with van der Waals surface area (Å²) in [5, 5.41) is 6.46. The maximum Gasteiger partial charge on any atom is 0.0956 e. The molecule has 0 spiro atoms. The van der Waals surface area contributed by atoms with Crippen molar-refractivity contribution >= 4 is 11.3 Å². The van der Waals surface area contributed by atoms with E-state index in [1.165, 1.54) is 16.1 Å². The number of hydrogen-bond donors (Lipinski definition) is 0. The first kappa shape index (κ1) is 15.8. The molecule has 0 radical (unpaired) electrons. The fraction of sp³-hybridized carbons (Fsp3) is 0.200. The molecule has 5 heteroatoms. The Kier molecular flexibility index (Phi) is 4.74. The fourth-order valence-electron chi connectivity index (χ4n) is 3.04. The van der Waals surface area contributed by atoms with Crippen LogP contribution in [0, 0.1) is 0 Å². The molecule has 4 nitrogen and oxygen atoms in total. The summed E-state index contributed by atoms with van der Waals surface area (Å²) in [7, 11) is 0. The number of imidazole rings is 1. The van der Waals surface area contributed by atoms with E-state index in [1.54, 1.807) is 0 Å². The summed E-state index contributed by atoms with van der Waals surface area (Å²) >= 11 is 1.81. The van der Waals surface area contributed by atoms with Crippen LogP contribution in [0.15, 0.2) is 72.6 Å². The molecule has 3 aromatic heterocycles. The van der Waals surface area contributed by atoms with Gasteiger partial charge in [-0.1, -0.05) is 36.4 Å². The van der Waals surface area contributed by atoms with Crippen molar-refractivity contribution in [2.75, 3.05) is 0 Å². The molecule has 0 atom stereocenters. The Labute approximate surface area is 151 Å². The van der Waals surface area contributed by atoms with E-state index in [-0.39, 0.29) is 0 Å². The molecular weight excluding hydrogens is 328 g/mol. The highest BCUT2D eigenvalue weighted by atomic mass is 32.1. The predicted octanol–water partition coefficient (Wildman–Crippen LogP) is 4.29. The Morgan fingerprint density at radius 2 is 1.84 bits per heavy atom. The third-order valence-electron chi connectivity index (χ3n) is 4.31. The third-order valence-corrected chi connectivity index (χ3v) is 5.25. The summed E-state index contributed by atoms with van der Waals surface area (Å²) in [6.07, 6.45) is 7.77. The lowest BCUT2D eigenvalue weighted by molar-refractivity contribution is 0.580. The van der Waals surface area contributed by atoms with Gasteiger partial charge < -0.3 is 4.57 Å². The van der Waals surface area contributed by atoms with Crippen LogP contribution in [0.2, 0.25) is 0 Å². The topological polar surface area (TPSA) is 35.6 Å². The van der Waals surface area contributed by atoms with E-state index in [1.807, 2.05) is 46.9 Å². The predicted molar refractivity (Wildman–Crippen MR) is 102 cm³/mol. The number of rotatable bonds is 7. The Balaban J connectivity index is 1.59. The average molecular weight is 348 g/mol. The standard InChI is InChI=1S/C20H20N4S/c1-2-6-17(7-3-1)20-19(10-14-24-12-5-11-22-24)23(16-21-20)13-9-18-8-4-15-25-18/h1-8,11-12,15-16H,9-10,13-14H2. The number of thiophene rings is 1. The zero-order valence-corrected chi connectivity index (χ0v) is 14.8. The second-order valence-corrected chi connectivity index (χ2v) is 6.98. The van der Waals surface area contributed by atoms with Crippen molar-refractivity contribution in [2.24, 2.45) is 0 Å². The minimum Gasteiger partial charge on any atom is -0.334 e. The monoisotopic (exact) mass is 348 g/mol. The van der Waals surface area contributed by atoms with Crippen molar-refractivity contribution in [1.82, 2.24) is 19.3 Å². The minimum atomic E-state index is 0.859. The van der Waals surface area contributed by atoms with E-state index >= 15 is 0 Å². The first-order valence-electron chi connectivity index (χ1n) is 8.49. The van der Waals surface area contributed by atoms with E-state index in [4.69, 9.17) is 4.98 Å². The highest BCUT2D eigenvalue weighted by molar-refractivity contribution is 7.09. The molecule has 0 N–H and O–H groups in total. The number of aromatic nitrogens is 4. The third kappa shape index (κ3) is 3.72. The summed E-state index contributed by atoms with van der Waals surface area (Å²) in [6.45, 7) is 1.81. The highest BCUT2D eigenvalue weighted by Gasteiger charge is 2.13. The van der Waals surface area contributed by atoms with Crippen molar-refractivity contribution in [3.63, 3.8) is 0 Å². The van der Waals surface area contributed by atoms with Gasteiger partial charge in [0.25, 0.3) is 0 Å². The van der Waals surface area contributed by atoms with Crippen LogP contribution in [0.5, 0.6) is 0 Å². The van der Waals surface area contributed by atoms with Crippen molar-refractivity contribution in [2.45, 2.75) is 25.9 Å². The van der Waals surface area contributed by atoms with Crippen LogP contribution in [0.4, 0.5) is 0 Å². The Morgan fingerprint density at radius 1 is 0.920 bits per heavy atom. The molecule has 0 saturated heterocycles. The van der Waals surface area contributed by atoms with Crippen LogP contribution in [-0.2, 0) is 25.9 Å². The van der Waals surface area contributed by atoms with Crippen LogP contribution >= 0.6 is 11.3 Å². The molecule has 0 fully saturated rings. The van der Waals surface area contributed by atoms with Gasteiger partial charge in [-0.25, -0.2) is 4.98 Å². The zero-order valence-electron chi connectivity index (χ0n) is 14.0. The van der Waals surface area contributed by atoms with E-state index < -0.39 is 0 Å². The Hall–Kier alpha value is -2.66. The number of aryl methyl sites for hydroxylation is 3. The number of hydrogen-bond acceptors (Lipinski definition) is 3. The molecular formula is C20H20N4S. The van der Waals surface area contributed by atoms with Gasteiger partial charge in [0.1, 0.15) is 0 Å². The second kappa shape index (κ2) is 7.49. The smallest absolute Gasteiger partial charge is 0.0956 e. The van der Waals surface area contributed by atoms with Gasteiger partial charge in [-0.2, -0.15) is 5.10 Å². The van der Waals surface area contributed by atoms with Crippen LogP contribution in [0.1, 0.15) is 10.6 Å². The molecule has 25 heavy (non-hydrogen) atoms. The molecule has 126 valence electrons. The molecule has 0 saturated carbocycles. The maximum atomic E-state index is 4.72. The lowest BCUT2D eigenvalue weighted by Gasteiger charge is -2.10. The summed E-state index contributed by atoms with van der Waals surface area (Å²) in [5.74, 6) is 0. The van der Waals surface area contributed by atoms with Gasteiger partial charge in [-0.3, -0.25) is 4.68 Å². The molecule has 4 aromatic rings. The van der Waals surface area contributed by atoms with Crippen molar-refractivity contribution in [3.8, 4) is 11.3 Å². The molecule has 3 heterocycles. The maximum absolute atomic E-state index is 4.72. The Morgan fingerprint density at radius 3 is 2.60 bits per heavy atom. The first-order valence-corrected chi connectivity index (χ1v) is 9.37. The first-order chi connectivity index (χ1) is 12.4. The Bertz CT molecular complexity index is 893. The largest absolute Gasteiger partial charge is 0.334 e. The molecule has 1 aromatic carbocycles. The number of benzene rings is 1. The zero-order chi connectivity index (χ0) is 16.9. The van der Waals surface area contributed by atoms with Crippen LogP contribution < -0.4 is 0 Å². The normalized spacial score (nSPS) is 11.0. The van der Waals surface area contributed by atoms with Crippen LogP contribution in [0.25, 0.3) is 11.3 Å². The summed E-state index contributed by atoms with van der Waals surface area (Å²) in [5.41, 5.74) is 3.53. The highest BCUT2D eigenvalue weighted by Crippen LogP contribution is 2.23. The van der Waals surface area contributed by atoms with Crippen LogP contribution in [0.3, 0.4) is 0 Å². The quantitative estimate of drug-likeness (QED) is 0.499. The molecule has 0 aliphatic rings. The van der Waals surface area contributed by atoms with Crippen LogP contribution in [-0.4, -0.2) is 19.3 Å². The summed E-state index contributed by atoms with van der Waals surface area (Å²) in [6, 6.07) is 16.7. The van der Waals surface area contributed by atoms with E-state index in [0.717, 1.165) is 31.6 Å². The lowest BCUT2D eigenvalue weighted by atomic mass is 10.1. The molecule has 0 unspecified atom stereocenters. The van der Waals surface area contributed by atoms with Gasteiger partial charge in [-0.05, 0) is 23.9 Å². The summed E-state index contributed by atoms with van der Waals surface area (Å²) in [4.78, 5) is 6.13. The van der Waals surface area contributed by atoms with Gasteiger partial charge in [-0.15, -0.1) is 11.3 Å². The van der Waals surface area contributed by atoms with Gasteiger partial charge in [0.2, 0.25) is 0 Å². The lowest BCUT2D eigenvalue weighted by Crippen LogP contribution is -2.09. The van der Waals surface area contributed by atoms with Gasteiger partial charge in [0.15, 0.2) is 0 Å². The van der Waals surface area contributed by atoms with Gasteiger partial charge >= 0.3 is 0 Å². The molecule has 0 aliphatic heterocycles. The number of nitrogens with zero attached hydrogens (tertiary/aromatic N) is 4. The SMILES string of the molecule is c1ccc(-c2ncn(CCc3cccs3)c2CCn2cccn2)cc1. The molecule has 0 bridgehead atoms.